The van der Waals surface area contributed by atoms with Crippen LogP contribution in [-0.2, 0) is 0 Å². The maximum absolute atomic E-state index is 14.1. The Morgan fingerprint density at radius 1 is 1.32 bits per heavy atom. The van der Waals surface area contributed by atoms with Gasteiger partial charge < -0.3 is 9.47 Å². The van der Waals surface area contributed by atoms with Crippen LogP contribution >= 0.6 is 11.8 Å². The maximum Gasteiger partial charge on any atom is 0.163 e. The van der Waals surface area contributed by atoms with Crippen molar-refractivity contribution in [2.45, 2.75) is 25.7 Å². The van der Waals surface area contributed by atoms with Crippen molar-refractivity contribution in [2.24, 2.45) is 0 Å². The van der Waals surface area contributed by atoms with Gasteiger partial charge in [-0.25, -0.2) is 4.39 Å². The number of hydrogen-bond donors (Lipinski definition) is 0. The van der Waals surface area contributed by atoms with E-state index in [2.05, 4.69) is 0 Å². The summed E-state index contributed by atoms with van der Waals surface area (Å²) in [5.41, 5.74) is 0.624. The third-order valence-electron chi connectivity index (χ3n) is 3.07. The number of nitriles is 1. The molecular formula is C14H18FNO2S. The van der Waals surface area contributed by atoms with Gasteiger partial charge in [0.2, 0.25) is 0 Å². The third kappa shape index (κ3) is 4.03. The number of halogens is 1. The summed E-state index contributed by atoms with van der Waals surface area (Å²) in [6, 6.07) is 3.05. The lowest BCUT2D eigenvalue weighted by Crippen LogP contribution is -2.04. The molecule has 0 fully saturated rings. The van der Waals surface area contributed by atoms with Crippen LogP contribution in [0.3, 0.4) is 0 Å². The van der Waals surface area contributed by atoms with E-state index in [1.165, 1.54) is 32.0 Å². The Morgan fingerprint density at radius 2 is 1.95 bits per heavy atom. The minimum Gasteiger partial charge on any atom is -0.493 e. The fourth-order valence-corrected chi connectivity index (χ4v) is 2.50. The molecule has 3 nitrogen and oxygen atoms in total. The Morgan fingerprint density at radius 3 is 2.47 bits per heavy atom. The Kier molecular flexibility index (Phi) is 6.51. The second kappa shape index (κ2) is 7.90. The van der Waals surface area contributed by atoms with Crippen LogP contribution in [-0.4, -0.2) is 20.0 Å². The van der Waals surface area contributed by atoms with E-state index in [0.717, 1.165) is 12.8 Å². The molecule has 1 aromatic carbocycles. The molecule has 0 spiro atoms. The van der Waals surface area contributed by atoms with E-state index < -0.39 is 0 Å². The van der Waals surface area contributed by atoms with Crippen LogP contribution in [0.4, 0.5) is 4.39 Å². The largest absolute Gasteiger partial charge is 0.493 e. The molecule has 104 valence electrons. The zero-order valence-corrected chi connectivity index (χ0v) is 12.2. The second-order valence-corrected chi connectivity index (χ2v) is 4.94. The topological polar surface area (TPSA) is 42.2 Å². The summed E-state index contributed by atoms with van der Waals surface area (Å²) in [5.74, 6) is 1.42. The molecule has 1 aromatic rings. The molecule has 0 aliphatic carbocycles. The highest BCUT2D eigenvalue weighted by Gasteiger charge is 2.18. The van der Waals surface area contributed by atoms with Gasteiger partial charge in [-0.1, -0.05) is 6.92 Å². The van der Waals surface area contributed by atoms with Crippen molar-refractivity contribution in [2.75, 3.05) is 20.0 Å². The van der Waals surface area contributed by atoms with Crippen molar-refractivity contribution >= 4 is 11.8 Å². The van der Waals surface area contributed by atoms with E-state index in [1.54, 1.807) is 6.07 Å². The highest BCUT2D eigenvalue weighted by atomic mass is 32.2. The van der Waals surface area contributed by atoms with Crippen LogP contribution in [0.1, 0.15) is 31.2 Å². The first-order valence-corrected chi connectivity index (χ1v) is 7.08. The first-order chi connectivity index (χ1) is 9.17. The molecule has 0 aliphatic rings. The standard InChI is InChI=1S/C14H18FNO2S/c1-4-10(5-6-19-9-16)11-7-13(17-2)14(18-3)8-12(11)15/h7-8,10H,4-6H2,1-3H3. The molecule has 0 N–H and O–H groups in total. The molecule has 0 saturated heterocycles. The lowest BCUT2D eigenvalue weighted by atomic mass is 9.93. The van der Waals surface area contributed by atoms with Crippen LogP contribution in [0.5, 0.6) is 11.5 Å². The summed E-state index contributed by atoms with van der Waals surface area (Å²) in [6.07, 6.45) is 1.58. The van der Waals surface area contributed by atoms with Gasteiger partial charge in [-0.05, 0) is 42.2 Å². The molecule has 0 aromatic heterocycles. The number of methoxy groups -OCH3 is 2. The number of hydrogen-bond acceptors (Lipinski definition) is 4. The Balaban J connectivity index is 3.00. The highest BCUT2D eigenvalue weighted by Crippen LogP contribution is 2.35. The zero-order chi connectivity index (χ0) is 14.3. The van der Waals surface area contributed by atoms with Gasteiger partial charge in [0.1, 0.15) is 11.2 Å². The molecule has 19 heavy (non-hydrogen) atoms. The van der Waals surface area contributed by atoms with Gasteiger partial charge in [-0.15, -0.1) is 0 Å². The van der Waals surface area contributed by atoms with Crippen molar-refractivity contribution in [1.29, 1.82) is 5.26 Å². The van der Waals surface area contributed by atoms with Gasteiger partial charge in [0.25, 0.3) is 0 Å². The Bertz CT molecular complexity index is 459. The Hall–Kier alpha value is -1.41. The average Bonchev–Trinajstić information content (AvgIpc) is 2.44. The third-order valence-corrected chi connectivity index (χ3v) is 3.64. The fourth-order valence-electron chi connectivity index (χ4n) is 2.01. The summed E-state index contributed by atoms with van der Waals surface area (Å²) in [6.45, 7) is 2.01. The second-order valence-electron chi connectivity index (χ2n) is 4.06. The number of ether oxygens (including phenoxy) is 2. The van der Waals surface area contributed by atoms with Crippen LogP contribution < -0.4 is 9.47 Å². The zero-order valence-electron chi connectivity index (χ0n) is 11.4. The Labute approximate surface area is 117 Å². The molecule has 0 radical (unpaired) electrons. The van der Waals surface area contributed by atoms with Gasteiger partial charge in [0.05, 0.1) is 14.2 Å². The lowest BCUT2D eigenvalue weighted by Gasteiger charge is -2.17. The first-order valence-electron chi connectivity index (χ1n) is 6.10. The summed E-state index contributed by atoms with van der Waals surface area (Å²) in [5, 5.41) is 10.6. The smallest absolute Gasteiger partial charge is 0.163 e. The van der Waals surface area contributed by atoms with Crippen LogP contribution in [0.25, 0.3) is 0 Å². The van der Waals surface area contributed by atoms with E-state index in [-0.39, 0.29) is 11.7 Å². The van der Waals surface area contributed by atoms with E-state index in [4.69, 9.17) is 14.7 Å². The summed E-state index contributed by atoms with van der Waals surface area (Å²) in [4.78, 5) is 0. The van der Waals surface area contributed by atoms with Gasteiger partial charge >= 0.3 is 0 Å². The maximum atomic E-state index is 14.1. The summed E-state index contributed by atoms with van der Waals surface area (Å²) in [7, 11) is 3.02. The predicted molar refractivity (Wildman–Crippen MR) is 75.2 cm³/mol. The molecule has 0 bridgehead atoms. The monoisotopic (exact) mass is 283 g/mol. The summed E-state index contributed by atoms with van der Waals surface area (Å²) < 4.78 is 24.4. The minimum absolute atomic E-state index is 0.0839. The molecule has 0 heterocycles. The predicted octanol–water partition coefficient (Wildman–Crippen LogP) is 3.94. The van der Waals surface area contributed by atoms with Crippen LogP contribution in [0.2, 0.25) is 0 Å². The SMILES string of the molecule is CCC(CCSC#N)c1cc(OC)c(OC)cc1F. The van der Waals surface area contributed by atoms with E-state index >= 15 is 0 Å². The van der Waals surface area contributed by atoms with Crippen LogP contribution in [0.15, 0.2) is 12.1 Å². The van der Waals surface area contributed by atoms with E-state index in [9.17, 15) is 4.39 Å². The van der Waals surface area contributed by atoms with Gasteiger partial charge in [-0.2, -0.15) is 5.26 Å². The number of thioether (sulfide) groups is 1. The molecular weight excluding hydrogens is 265 g/mol. The fraction of sp³-hybridized carbons (Fsp3) is 0.500. The van der Waals surface area contributed by atoms with Crippen molar-refractivity contribution < 1.29 is 13.9 Å². The molecule has 1 atom stereocenters. The first kappa shape index (κ1) is 15.6. The van der Waals surface area contributed by atoms with Crippen molar-refractivity contribution in [3.8, 4) is 16.9 Å². The summed E-state index contributed by atoms with van der Waals surface area (Å²) >= 11 is 1.20. The quantitative estimate of drug-likeness (QED) is 0.561. The minimum atomic E-state index is -0.286. The molecule has 0 saturated carbocycles. The number of rotatable bonds is 7. The van der Waals surface area contributed by atoms with E-state index in [0.29, 0.717) is 22.8 Å². The highest BCUT2D eigenvalue weighted by molar-refractivity contribution is 8.03. The molecule has 1 unspecified atom stereocenters. The van der Waals surface area contributed by atoms with Gasteiger partial charge in [0, 0.05) is 11.8 Å². The number of nitrogens with zero attached hydrogens (tertiary/aromatic N) is 1. The number of thiocyanates is 1. The average molecular weight is 283 g/mol. The normalized spacial score (nSPS) is 11.7. The molecule has 5 heteroatoms. The van der Waals surface area contributed by atoms with Gasteiger partial charge in [-0.3, -0.25) is 0 Å². The van der Waals surface area contributed by atoms with Crippen LogP contribution in [0, 0.1) is 16.5 Å². The van der Waals surface area contributed by atoms with E-state index in [1.807, 2.05) is 12.3 Å². The molecule has 0 aliphatic heterocycles. The van der Waals surface area contributed by atoms with Crippen molar-refractivity contribution in [3.63, 3.8) is 0 Å². The molecule has 0 amide bonds. The molecule has 1 rings (SSSR count). The lowest BCUT2D eigenvalue weighted by molar-refractivity contribution is 0.350. The van der Waals surface area contributed by atoms with Crippen molar-refractivity contribution in [3.05, 3.63) is 23.5 Å². The van der Waals surface area contributed by atoms with Crippen molar-refractivity contribution in [1.82, 2.24) is 0 Å². The number of benzene rings is 1. The van der Waals surface area contributed by atoms with Gasteiger partial charge in [0.15, 0.2) is 11.5 Å².